The Kier molecular flexibility index (Phi) is 3.55. The largest absolute Gasteiger partial charge is 0.494 e. The van der Waals surface area contributed by atoms with Gasteiger partial charge in [0.2, 0.25) is 0 Å². The van der Waals surface area contributed by atoms with E-state index in [0.29, 0.717) is 12.0 Å². The van der Waals surface area contributed by atoms with Gasteiger partial charge in [-0.1, -0.05) is 12.1 Å². The number of aldehydes is 1. The molecule has 0 saturated heterocycles. The quantitative estimate of drug-likeness (QED) is 0.417. The fraction of sp³-hybridized carbons (Fsp3) is 0.100. The molecule has 0 aromatic heterocycles. The summed E-state index contributed by atoms with van der Waals surface area (Å²) in [6.45, 7) is 0. The summed E-state index contributed by atoms with van der Waals surface area (Å²) in [5.74, 6) is 0.396. The van der Waals surface area contributed by atoms with Gasteiger partial charge in [0.15, 0.2) is 0 Å². The molecule has 72 valence electrons. The van der Waals surface area contributed by atoms with E-state index in [1.165, 1.54) is 19.3 Å². The van der Waals surface area contributed by atoms with Crippen LogP contribution < -0.4 is 4.74 Å². The van der Waals surface area contributed by atoms with E-state index in [2.05, 4.69) is 5.18 Å². The van der Waals surface area contributed by atoms with Crippen molar-refractivity contribution in [1.29, 1.82) is 0 Å². The minimum Gasteiger partial charge on any atom is -0.494 e. The van der Waals surface area contributed by atoms with Crippen LogP contribution in [0.1, 0.15) is 5.56 Å². The van der Waals surface area contributed by atoms with Gasteiger partial charge in [-0.2, -0.15) is 0 Å². The van der Waals surface area contributed by atoms with Crippen LogP contribution in [0.15, 0.2) is 29.5 Å². The van der Waals surface area contributed by atoms with Crippen molar-refractivity contribution in [3.05, 3.63) is 34.7 Å². The molecule has 0 N–H and O–H groups in total. The average Bonchev–Trinajstić information content (AvgIpc) is 2.25. The van der Waals surface area contributed by atoms with Crippen LogP contribution in [0.25, 0.3) is 6.08 Å². The number of nitroso groups, excluding NO2 is 1. The average molecular weight is 191 g/mol. The summed E-state index contributed by atoms with van der Waals surface area (Å²) >= 11 is 0. The van der Waals surface area contributed by atoms with Crippen LogP contribution in [0.4, 0.5) is 5.69 Å². The normalized spacial score (nSPS) is 10.1. The standard InChI is InChI=1S/C10H9NO3/c1-14-10-7-8(3-2-6-12)4-5-9(10)11-13/h2-7H,1H3/b3-2+. The van der Waals surface area contributed by atoms with Crippen LogP contribution in [-0.2, 0) is 4.79 Å². The summed E-state index contributed by atoms with van der Waals surface area (Å²) in [5.41, 5.74) is 1.03. The van der Waals surface area contributed by atoms with Crippen LogP contribution in [0.3, 0.4) is 0 Å². The molecule has 0 atom stereocenters. The third kappa shape index (κ3) is 2.26. The number of hydrogen-bond donors (Lipinski definition) is 0. The molecule has 1 aromatic carbocycles. The molecule has 0 aliphatic rings. The number of carbonyl (C=O) groups excluding carboxylic acids is 1. The van der Waals surface area contributed by atoms with Crippen molar-refractivity contribution in [2.75, 3.05) is 7.11 Å². The summed E-state index contributed by atoms with van der Waals surface area (Å²) in [6, 6.07) is 4.85. The van der Waals surface area contributed by atoms with Crippen LogP contribution >= 0.6 is 0 Å². The molecule has 0 heterocycles. The van der Waals surface area contributed by atoms with E-state index in [1.54, 1.807) is 18.2 Å². The Morgan fingerprint density at radius 2 is 2.21 bits per heavy atom. The molecule has 14 heavy (non-hydrogen) atoms. The Bertz CT molecular complexity index is 372. The molecule has 4 nitrogen and oxygen atoms in total. The van der Waals surface area contributed by atoms with Crippen LogP contribution in [0.5, 0.6) is 5.75 Å². The van der Waals surface area contributed by atoms with E-state index < -0.39 is 0 Å². The molecule has 0 saturated carbocycles. The molecule has 1 rings (SSSR count). The third-order valence-corrected chi connectivity index (χ3v) is 1.67. The van der Waals surface area contributed by atoms with Crippen molar-refractivity contribution in [2.45, 2.75) is 0 Å². The summed E-state index contributed by atoms with van der Waals surface area (Å²) in [6.07, 6.45) is 3.66. The van der Waals surface area contributed by atoms with Crippen molar-refractivity contribution in [1.82, 2.24) is 0 Å². The molecule has 0 unspecified atom stereocenters. The van der Waals surface area contributed by atoms with Gasteiger partial charge in [0, 0.05) is 0 Å². The van der Waals surface area contributed by atoms with Crippen LogP contribution in [-0.4, -0.2) is 13.4 Å². The van der Waals surface area contributed by atoms with Crippen molar-refractivity contribution in [3.63, 3.8) is 0 Å². The third-order valence-electron chi connectivity index (χ3n) is 1.67. The lowest BCUT2D eigenvalue weighted by atomic mass is 10.2. The molecular weight excluding hydrogens is 182 g/mol. The Morgan fingerprint density at radius 3 is 2.79 bits per heavy atom. The first-order chi connectivity index (χ1) is 6.81. The second kappa shape index (κ2) is 4.91. The number of rotatable bonds is 4. The van der Waals surface area contributed by atoms with Gasteiger partial charge in [0.1, 0.15) is 17.7 Å². The van der Waals surface area contributed by atoms with Gasteiger partial charge in [0.05, 0.1) is 7.11 Å². The highest BCUT2D eigenvalue weighted by Crippen LogP contribution is 2.28. The predicted molar refractivity (Wildman–Crippen MR) is 53.5 cm³/mol. The molecule has 0 bridgehead atoms. The molecule has 1 aromatic rings. The minimum absolute atomic E-state index is 0.246. The lowest BCUT2D eigenvalue weighted by Crippen LogP contribution is -1.84. The summed E-state index contributed by atoms with van der Waals surface area (Å²) in [4.78, 5) is 20.4. The van der Waals surface area contributed by atoms with E-state index in [4.69, 9.17) is 4.74 Å². The predicted octanol–water partition coefficient (Wildman–Crippen LogP) is 2.31. The summed E-state index contributed by atoms with van der Waals surface area (Å²) < 4.78 is 4.94. The highest BCUT2D eigenvalue weighted by molar-refractivity contribution is 5.74. The highest BCUT2D eigenvalue weighted by Gasteiger charge is 2.02. The lowest BCUT2D eigenvalue weighted by Gasteiger charge is -2.02. The van der Waals surface area contributed by atoms with Crippen molar-refractivity contribution >= 4 is 18.0 Å². The number of nitrogens with zero attached hydrogens (tertiary/aromatic N) is 1. The van der Waals surface area contributed by atoms with Gasteiger partial charge in [-0.15, -0.1) is 4.91 Å². The van der Waals surface area contributed by atoms with Gasteiger partial charge in [-0.3, -0.25) is 4.79 Å². The first-order valence-electron chi connectivity index (χ1n) is 3.95. The molecule has 0 spiro atoms. The van der Waals surface area contributed by atoms with Crippen molar-refractivity contribution in [3.8, 4) is 5.75 Å². The Morgan fingerprint density at radius 1 is 1.43 bits per heavy atom. The topological polar surface area (TPSA) is 55.7 Å². The maximum Gasteiger partial charge on any atom is 0.149 e. The smallest absolute Gasteiger partial charge is 0.149 e. The van der Waals surface area contributed by atoms with Gasteiger partial charge in [0.25, 0.3) is 0 Å². The SMILES string of the molecule is COc1cc(/C=C/C=O)ccc1N=O. The molecule has 0 aliphatic carbocycles. The van der Waals surface area contributed by atoms with E-state index in [0.717, 1.165) is 5.56 Å². The maximum atomic E-state index is 10.3. The van der Waals surface area contributed by atoms with Gasteiger partial charge < -0.3 is 4.74 Å². The second-order valence-electron chi connectivity index (χ2n) is 2.52. The zero-order valence-electron chi connectivity index (χ0n) is 7.64. The number of ether oxygens (including phenoxy) is 1. The number of allylic oxidation sites excluding steroid dienone is 1. The number of benzene rings is 1. The van der Waals surface area contributed by atoms with Crippen LogP contribution in [0, 0.1) is 4.91 Å². The van der Waals surface area contributed by atoms with E-state index in [-0.39, 0.29) is 5.69 Å². The first kappa shape index (κ1) is 10.1. The molecule has 0 radical (unpaired) electrons. The minimum atomic E-state index is 0.246. The van der Waals surface area contributed by atoms with Gasteiger partial charge in [-0.05, 0) is 28.9 Å². The first-order valence-corrected chi connectivity index (χ1v) is 3.95. The number of hydrogen-bond acceptors (Lipinski definition) is 4. The molecule has 4 heteroatoms. The fourth-order valence-electron chi connectivity index (χ4n) is 1.02. The van der Waals surface area contributed by atoms with Crippen molar-refractivity contribution < 1.29 is 9.53 Å². The summed E-state index contributed by atoms with van der Waals surface area (Å²) in [5, 5.41) is 2.79. The van der Waals surface area contributed by atoms with Gasteiger partial charge in [-0.25, -0.2) is 0 Å². The lowest BCUT2D eigenvalue weighted by molar-refractivity contribution is -0.104. The Balaban J connectivity index is 3.06. The maximum absolute atomic E-state index is 10.3. The van der Waals surface area contributed by atoms with Crippen LogP contribution in [0.2, 0.25) is 0 Å². The zero-order valence-corrected chi connectivity index (χ0v) is 7.64. The van der Waals surface area contributed by atoms with E-state index in [1.807, 2.05) is 0 Å². The van der Waals surface area contributed by atoms with Gasteiger partial charge >= 0.3 is 0 Å². The fourth-order valence-corrected chi connectivity index (χ4v) is 1.02. The highest BCUT2D eigenvalue weighted by atomic mass is 16.5. The molecule has 0 aliphatic heterocycles. The molecular formula is C10H9NO3. The zero-order chi connectivity index (χ0) is 10.4. The second-order valence-corrected chi connectivity index (χ2v) is 2.52. The van der Waals surface area contributed by atoms with E-state index >= 15 is 0 Å². The number of methoxy groups -OCH3 is 1. The Labute approximate surface area is 81.2 Å². The monoisotopic (exact) mass is 191 g/mol. The Hall–Kier alpha value is -1.97. The molecule has 0 fully saturated rings. The molecule has 0 amide bonds. The number of carbonyl (C=O) groups is 1. The summed E-state index contributed by atoms with van der Waals surface area (Å²) in [7, 11) is 1.46. The van der Waals surface area contributed by atoms with E-state index in [9.17, 15) is 9.70 Å². The van der Waals surface area contributed by atoms with Crippen molar-refractivity contribution in [2.24, 2.45) is 5.18 Å².